The van der Waals surface area contributed by atoms with Crippen LogP contribution in [0.15, 0.2) is 41.5 Å². The molecule has 0 aliphatic heterocycles. The van der Waals surface area contributed by atoms with E-state index in [4.69, 9.17) is 21.1 Å². The van der Waals surface area contributed by atoms with Crippen molar-refractivity contribution < 1.29 is 19.2 Å². The molecule has 0 spiro atoms. The number of nitro groups is 1. The SMILES string of the molecule is CCOc1cc(Cl)c(C=NNC(=O)Cc2ccccc2[N+](=O)[O-])cc1OC. The molecule has 0 unspecified atom stereocenters. The highest BCUT2D eigenvalue weighted by atomic mass is 35.5. The van der Waals surface area contributed by atoms with Crippen LogP contribution in [-0.4, -0.2) is 30.8 Å². The number of benzene rings is 2. The molecule has 1 amide bonds. The molecule has 0 aliphatic carbocycles. The van der Waals surface area contributed by atoms with Gasteiger partial charge >= 0.3 is 0 Å². The fourth-order valence-corrected chi connectivity index (χ4v) is 2.50. The summed E-state index contributed by atoms with van der Waals surface area (Å²) in [5, 5.41) is 15.2. The van der Waals surface area contributed by atoms with Gasteiger partial charge in [0.1, 0.15) is 0 Å². The minimum Gasteiger partial charge on any atom is -0.493 e. The van der Waals surface area contributed by atoms with Crippen molar-refractivity contribution in [3.8, 4) is 11.5 Å². The summed E-state index contributed by atoms with van der Waals surface area (Å²) < 4.78 is 10.7. The molecular weight excluding hydrogens is 374 g/mol. The Hall–Kier alpha value is -3.13. The van der Waals surface area contributed by atoms with Gasteiger partial charge in [0.25, 0.3) is 5.69 Å². The Morgan fingerprint density at radius 3 is 2.74 bits per heavy atom. The van der Waals surface area contributed by atoms with Crippen LogP contribution < -0.4 is 14.9 Å². The lowest BCUT2D eigenvalue weighted by atomic mass is 10.1. The fourth-order valence-electron chi connectivity index (χ4n) is 2.30. The molecule has 0 bridgehead atoms. The van der Waals surface area contributed by atoms with Gasteiger partial charge in [0.15, 0.2) is 11.5 Å². The molecule has 1 N–H and O–H groups in total. The molecule has 9 heteroatoms. The van der Waals surface area contributed by atoms with E-state index >= 15 is 0 Å². The fraction of sp³-hybridized carbons (Fsp3) is 0.222. The first kappa shape index (κ1) is 20.2. The van der Waals surface area contributed by atoms with Crippen LogP contribution in [0.3, 0.4) is 0 Å². The Morgan fingerprint density at radius 2 is 2.07 bits per heavy atom. The number of nitrogens with one attached hydrogen (secondary N) is 1. The van der Waals surface area contributed by atoms with Gasteiger partial charge in [-0.05, 0) is 13.0 Å². The number of amides is 1. The van der Waals surface area contributed by atoms with E-state index in [0.717, 1.165) is 0 Å². The number of hydrazone groups is 1. The van der Waals surface area contributed by atoms with Crippen molar-refractivity contribution in [2.45, 2.75) is 13.3 Å². The first-order valence-electron chi connectivity index (χ1n) is 8.00. The normalized spacial score (nSPS) is 10.6. The van der Waals surface area contributed by atoms with Crippen molar-refractivity contribution in [1.82, 2.24) is 5.43 Å². The van der Waals surface area contributed by atoms with E-state index < -0.39 is 10.8 Å². The van der Waals surface area contributed by atoms with E-state index in [-0.39, 0.29) is 12.1 Å². The minimum atomic E-state index is -0.530. The Labute approximate surface area is 160 Å². The number of carbonyl (C=O) groups excluding carboxylic acids is 1. The summed E-state index contributed by atoms with van der Waals surface area (Å²) >= 11 is 6.18. The third-order valence-electron chi connectivity index (χ3n) is 3.51. The van der Waals surface area contributed by atoms with Crippen LogP contribution in [0, 0.1) is 10.1 Å². The maximum atomic E-state index is 12.0. The number of hydrogen-bond donors (Lipinski definition) is 1. The average molecular weight is 392 g/mol. The van der Waals surface area contributed by atoms with Gasteiger partial charge in [-0.25, -0.2) is 5.43 Å². The van der Waals surface area contributed by atoms with E-state index in [1.165, 1.54) is 25.5 Å². The summed E-state index contributed by atoms with van der Waals surface area (Å²) in [5.74, 6) is 0.492. The molecule has 2 rings (SSSR count). The molecule has 0 heterocycles. The first-order chi connectivity index (χ1) is 13.0. The molecule has 8 nitrogen and oxygen atoms in total. The van der Waals surface area contributed by atoms with E-state index in [9.17, 15) is 14.9 Å². The van der Waals surface area contributed by atoms with Crippen molar-refractivity contribution >= 4 is 29.4 Å². The first-order valence-corrected chi connectivity index (χ1v) is 8.38. The zero-order valence-corrected chi connectivity index (χ0v) is 15.5. The second-order valence-corrected chi connectivity index (χ2v) is 5.72. The van der Waals surface area contributed by atoms with Crippen molar-refractivity contribution in [3.05, 3.63) is 62.7 Å². The second kappa shape index (κ2) is 9.54. The molecular formula is C18H18ClN3O5. The van der Waals surface area contributed by atoms with Crippen LogP contribution in [0.4, 0.5) is 5.69 Å². The molecule has 0 fully saturated rings. The molecule has 0 saturated carbocycles. The molecule has 0 aromatic heterocycles. The zero-order chi connectivity index (χ0) is 19.8. The van der Waals surface area contributed by atoms with E-state index in [0.29, 0.717) is 34.3 Å². The summed E-state index contributed by atoms with van der Waals surface area (Å²) in [4.78, 5) is 22.5. The smallest absolute Gasteiger partial charge is 0.273 e. The van der Waals surface area contributed by atoms with Gasteiger partial charge in [-0.1, -0.05) is 29.8 Å². The summed E-state index contributed by atoms with van der Waals surface area (Å²) in [6, 6.07) is 9.27. The van der Waals surface area contributed by atoms with E-state index in [2.05, 4.69) is 10.5 Å². The number of rotatable bonds is 8. The largest absolute Gasteiger partial charge is 0.493 e. The molecule has 0 atom stereocenters. The summed E-state index contributed by atoms with van der Waals surface area (Å²) in [6.07, 6.45) is 1.19. The van der Waals surface area contributed by atoms with Gasteiger partial charge in [0, 0.05) is 23.3 Å². The predicted molar refractivity (Wildman–Crippen MR) is 102 cm³/mol. The van der Waals surface area contributed by atoms with Crippen LogP contribution in [0.25, 0.3) is 0 Å². The van der Waals surface area contributed by atoms with Gasteiger partial charge in [-0.3, -0.25) is 14.9 Å². The highest BCUT2D eigenvalue weighted by Crippen LogP contribution is 2.32. The van der Waals surface area contributed by atoms with Crippen molar-refractivity contribution in [1.29, 1.82) is 0 Å². The lowest BCUT2D eigenvalue weighted by Crippen LogP contribution is -2.20. The third kappa shape index (κ3) is 5.42. The Morgan fingerprint density at radius 1 is 1.33 bits per heavy atom. The number of carbonyl (C=O) groups is 1. The number of halogens is 1. The highest BCUT2D eigenvalue weighted by molar-refractivity contribution is 6.33. The third-order valence-corrected chi connectivity index (χ3v) is 3.84. The zero-order valence-electron chi connectivity index (χ0n) is 14.8. The second-order valence-electron chi connectivity index (χ2n) is 5.31. The molecule has 2 aromatic rings. The van der Waals surface area contributed by atoms with Gasteiger partial charge in [0.2, 0.25) is 5.91 Å². The summed E-state index contributed by atoms with van der Waals surface area (Å²) in [5.41, 5.74) is 3.03. The number of para-hydroxylation sites is 1. The molecule has 0 aliphatic rings. The number of ether oxygens (including phenoxy) is 2. The van der Waals surface area contributed by atoms with Gasteiger partial charge < -0.3 is 9.47 Å². The Kier molecular flexibility index (Phi) is 7.13. The maximum Gasteiger partial charge on any atom is 0.273 e. The highest BCUT2D eigenvalue weighted by Gasteiger charge is 2.15. The van der Waals surface area contributed by atoms with Crippen molar-refractivity contribution in [2.75, 3.05) is 13.7 Å². The van der Waals surface area contributed by atoms with Crippen LogP contribution >= 0.6 is 11.6 Å². The molecule has 2 aromatic carbocycles. The predicted octanol–water partition coefficient (Wildman–Crippen LogP) is 3.35. The minimum absolute atomic E-state index is 0.115. The van der Waals surface area contributed by atoms with Crippen molar-refractivity contribution in [2.24, 2.45) is 5.10 Å². The monoisotopic (exact) mass is 391 g/mol. The van der Waals surface area contributed by atoms with Gasteiger partial charge in [0.05, 0.1) is 36.3 Å². The van der Waals surface area contributed by atoms with Crippen LogP contribution in [0.2, 0.25) is 5.02 Å². The lowest BCUT2D eigenvalue weighted by Gasteiger charge is -2.11. The van der Waals surface area contributed by atoms with Crippen molar-refractivity contribution in [3.63, 3.8) is 0 Å². The van der Waals surface area contributed by atoms with Gasteiger partial charge in [-0.2, -0.15) is 5.10 Å². The maximum absolute atomic E-state index is 12.0. The quantitative estimate of drug-likeness (QED) is 0.422. The average Bonchev–Trinajstić information content (AvgIpc) is 2.64. The Bertz CT molecular complexity index is 870. The standard InChI is InChI=1S/C18H18ClN3O5/c1-3-27-17-10-14(19)13(8-16(17)26-2)11-20-21-18(23)9-12-6-4-5-7-15(12)22(24)25/h4-8,10-11H,3,9H2,1-2H3,(H,21,23). The van der Waals surface area contributed by atoms with E-state index in [1.54, 1.807) is 24.3 Å². The van der Waals surface area contributed by atoms with Crippen LogP contribution in [0.1, 0.15) is 18.1 Å². The van der Waals surface area contributed by atoms with Crippen LogP contribution in [0.5, 0.6) is 11.5 Å². The lowest BCUT2D eigenvalue weighted by molar-refractivity contribution is -0.385. The number of methoxy groups -OCH3 is 1. The molecule has 27 heavy (non-hydrogen) atoms. The Balaban J connectivity index is 2.07. The topological polar surface area (TPSA) is 103 Å². The number of nitro benzene ring substituents is 1. The molecule has 142 valence electrons. The van der Waals surface area contributed by atoms with Crippen LogP contribution in [-0.2, 0) is 11.2 Å². The number of nitrogens with zero attached hydrogens (tertiary/aromatic N) is 2. The summed E-state index contributed by atoms with van der Waals surface area (Å²) in [7, 11) is 1.50. The van der Waals surface area contributed by atoms with E-state index in [1.807, 2.05) is 6.92 Å². The van der Waals surface area contributed by atoms with Gasteiger partial charge in [-0.15, -0.1) is 0 Å². The number of hydrogen-bond acceptors (Lipinski definition) is 6. The molecule has 0 saturated heterocycles. The summed E-state index contributed by atoms with van der Waals surface area (Å²) in [6.45, 7) is 2.30. The molecule has 0 radical (unpaired) electrons.